The second kappa shape index (κ2) is 3.53. The molecule has 0 aromatic carbocycles. The molecule has 2 atom stereocenters. The van der Waals surface area contributed by atoms with Crippen molar-refractivity contribution >= 4 is 0 Å². The van der Waals surface area contributed by atoms with Crippen LogP contribution in [0.2, 0.25) is 0 Å². The highest BCUT2D eigenvalue weighted by atomic mass is 16.7. The van der Waals surface area contributed by atoms with Crippen LogP contribution in [-0.2, 0) is 9.47 Å². The zero-order valence-corrected chi connectivity index (χ0v) is 7.74. The molecule has 76 valence electrons. The Balaban J connectivity index is 2.01. The standard InChI is InChI=1S/C9H17NO3/c10-8-1-2-9(5-7(8)6-11)12-3-4-13-9/h7-8,11H,1-6,10H2/t7-,8+/m0/s1. The van der Waals surface area contributed by atoms with Gasteiger partial charge in [0.2, 0.25) is 0 Å². The molecule has 4 nitrogen and oxygen atoms in total. The predicted octanol–water partition coefficient (Wildman–Crippen LogP) is -0.151. The lowest BCUT2D eigenvalue weighted by Gasteiger charge is -2.38. The molecule has 2 fully saturated rings. The van der Waals surface area contributed by atoms with E-state index in [1.165, 1.54) is 0 Å². The van der Waals surface area contributed by atoms with Gasteiger partial charge in [-0.3, -0.25) is 0 Å². The van der Waals surface area contributed by atoms with E-state index in [0.29, 0.717) is 13.2 Å². The van der Waals surface area contributed by atoms with Crippen molar-refractivity contribution in [3.8, 4) is 0 Å². The highest BCUT2D eigenvalue weighted by Gasteiger charge is 2.43. The largest absolute Gasteiger partial charge is 0.396 e. The Morgan fingerprint density at radius 3 is 2.69 bits per heavy atom. The van der Waals surface area contributed by atoms with Gasteiger partial charge in [-0.1, -0.05) is 0 Å². The molecule has 13 heavy (non-hydrogen) atoms. The predicted molar refractivity (Wildman–Crippen MR) is 47.0 cm³/mol. The first-order valence-corrected chi connectivity index (χ1v) is 4.90. The van der Waals surface area contributed by atoms with Gasteiger partial charge in [0.05, 0.1) is 13.2 Å². The summed E-state index contributed by atoms with van der Waals surface area (Å²) in [7, 11) is 0. The molecule has 4 heteroatoms. The zero-order chi connectivity index (χ0) is 9.31. The van der Waals surface area contributed by atoms with Gasteiger partial charge in [0.1, 0.15) is 0 Å². The fourth-order valence-electron chi connectivity index (χ4n) is 2.23. The van der Waals surface area contributed by atoms with Crippen LogP contribution < -0.4 is 5.73 Å². The Morgan fingerprint density at radius 1 is 1.38 bits per heavy atom. The molecule has 0 bridgehead atoms. The monoisotopic (exact) mass is 187 g/mol. The van der Waals surface area contributed by atoms with Gasteiger partial charge in [-0.2, -0.15) is 0 Å². The molecular weight excluding hydrogens is 170 g/mol. The number of rotatable bonds is 1. The van der Waals surface area contributed by atoms with Crippen LogP contribution in [0.25, 0.3) is 0 Å². The van der Waals surface area contributed by atoms with E-state index in [-0.39, 0.29) is 18.6 Å². The third-order valence-corrected chi connectivity index (χ3v) is 3.09. The fraction of sp³-hybridized carbons (Fsp3) is 1.00. The summed E-state index contributed by atoms with van der Waals surface area (Å²) < 4.78 is 11.1. The van der Waals surface area contributed by atoms with Gasteiger partial charge in [-0.25, -0.2) is 0 Å². The molecule has 2 rings (SSSR count). The lowest BCUT2D eigenvalue weighted by molar-refractivity contribution is -0.192. The van der Waals surface area contributed by atoms with Crippen LogP contribution >= 0.6 is 0 Å². The van der Waals surface area contributed by atoms with Gasteiger partial charge in [-0.15, -0.1) is 0 Å². The summed E-state index contributed by atoms with van der Waals surface area (Å²) in [4.78, 5) is 0. The lowest BCUT2D eigenvalue weighted by atomic mass is 9.81. The number of nitrogens with two attached hydrogens (primary N) is 1. The van der Waals surface area contributed by atoms with E-state index < -0.39 is 5.79 Å². The Kier molecular flexibility index (Phi) is 2.55. The molecule has 3 N–H and O–H groups in total. The van der Waals surface area contributed by atoms with Crippen molar-refractivity contribution in [2.45, 2.75) is 31.1 Å². The Hall–Kier alpha value is -0.160. The molecule has 1 saturated heterocycles. The van der Waals surface area contributed by atoms with Crippen LogP contribution in [-0.4, -0.2) is 36.8 Å². The molecule has 0 aromatic rings. The molecule has 2 aliphatic rings. The molecule has 1 aliphatic heterocycles. The van der Waals surface area contributed by atoms with Crippen LogP contribution in [0.4, 0.5) is 0 Å². The normalized spacial score (nSPS) is 38.3. The molecule has 0 unspecified atom stereocenters. The third-order valence-electron chi connectivity index (χ3n) is 3.09. The Bertz CT molecular complexity index is 180. The Morgan fingerprint density at radius 2 is 2.08 bits per heavy atom. The number of aliphatic hydroxyl groups is 1. The van der Waals surface area contributed by atoms with Crippen LogP contribution in [0, 0.1) is 5.92 Å². The average Bonchev–Trinajstić information content (AvgIpc) is 2.59. The summed E-state index contributed by atoms with van der Waals surface area (Å²) in [5.74, 6) is -0.282. The molecule has 0 radical (unpaired) electrons. The summed E-state index contributed by atoms with van der Waals surface area (Å²) in [5.41, 5.74) is 5.87. The molecule has 1 spiro atoms. The molecule has 1 heterocycles. The van der Waals surface area contributed by atoms with Crippen molar-refractivity contribution in [2.24, 2.45) is 11.7 Å². The van der Waals surface area contributed by atoms with E-state index in [1.807, 2.05) is 0 Å². The van der Waals surface area contributed by atoms with Crippen molar-refractivity contribution < 1.29 is 14.6 Å². The highest BCUT2D eigenvalue weighted by Crippen LogP contribution is 2.37. The topological polar surface area (TPSA) is 64.7 Å². The van der Waals surface area contributed by atoms with E-state index in [9.17, 15) is 0 Å². The summed E-state index contributed by atoms with van der Waals surface area (Å²) in [6, 6.07) is 0.100. The van der Waals surface area contributed by atoms with Crippen molar-refractivity contribution in [1.29, 1.82) is 0 Å². The summed E-state index contributed by atoms with van der Waals surface area (Å²) in [6.45, 7) is 1.48. The number of hydrogen-bond donors (Lipinski definition) is 2. The lowest BCUT2D eigenvalue weighted by Crippen LogP contribution is -2.47. The summed E-state index contributed by atoms with van der Waals surface area (Å²) in [5, 5.41) is 9.11. The summed E-state index contributed by atoms with van der Waals surface area (Å²) in [6.07, 6.45) is 2.49. The minimum atomic E-state index is -0.413. The van der Waals surface area contributed by atoms with Gasteiger partial charge in [0.25, 0.3) is 0 Å². The number of hydrogen-bond acceptors (Lipinski definition) is 4. The maximum Gasteiger partial charge on any atom is 0.168 e. The maximum absolute atomic E-state index is 9.11. The molecule has 1 aliphatic carbocycles. The van der Waals surface area contributed by atoms with E-state index in [4.69, 9.17) is 20.3 Å². The van der Waals surface area contributed by atoms with Gasteiger partial charge in [0, 0.05) is 31.4 Å². The smallest absolute Gasteiger partial charge is 0.168 e. The van der Waals surface area contributed by atoms with Gasteiger partial charge in [-0.05, 0) is 6.42 Å². The highest BCUT2D eigenvalue weighted by molar-refractivity contribution is 4.89. The van der Waals surface area contributed by atoms with Crippen molar-refractivity contribution in [2.75, 3.05) is 19.8 Å². The molecule has 0 aromatic heterocycles. The minimum absolute atomic E-state index is 0.100. The van der Waals surface area contributed by atoms with Crippen LogP contribution in [0.1, 0.15) is 19.3 Å². The van der Waals surface area contributed by atoms with Crippen molar-refractivity contribution in [1.82, 2.24) is 0 Å². The second-order valence-electron chi connectivity index (χ2n) is 3.96. The Labute approximate surface area is 78.0 Å². The van der Waals surface area contributed by atoms with E-state index in [1.54, 1.807) is 0 Å². The fourth-order valence-corrected chi connectivity index (χ4v) is 2.23. The summed E-state index contributed by atoms with van der Waals surface area (Å²) >= 11 is 0. The van der Waals surface area contributed by atoms with Gasteiger partial charge >= 0.3 is 0 Å². The second-order valence-corrected chi connectivity index (χ2v) is 3.96. The van der Waals surface area contributed by atoms with E-state index >= 15 is 0 Å². The van der Waals surface area contributed by atoms with Gasteiger partial charge < -0.3 is 20.3 Å². The molecule has 1 saturated carbocycles. The van der Waals surface area contributed by atoms with Crippen LogP contribution in [0.15, 0.2) is 0 Å². The quantitative estimate of drug-likeness (QED) is 0.599. The number of ether oxygens (including phenoxy) is 2. The average molecular weight is 187 g/mol. The molecular formula is C9H17NO3. The zero-order valence-electron chi connectivity index (χ0n) is 7.74. The minimum Gasteiger partial charge on any atom is -0.396 e. The van der Waals surface area contributed by atoms with Crippen molar-refractivity contribution in [3.05, 3.63) is 0 Å². The first kappa shape index (κ1) is 9.40. The molecule has 0 amide bonds. The first-order valence-electron chi connectivity index (χ1n) is 4.90. The van der Waals surface area contributed by atoms with Gasteiger partial charge in [0.15, 0.2) is 5.79 Å². The van der Waals surface area contributed by atoms with E-state index in [0.717, 1.165) is 19.3 Å². The SMILES string of the molecule is N[C@@H]1CCC2(C[C@H]1CO)OCCO2. The van der Waals surface area contributed by atoms with Crippen LogP contribution in [0.5, 0.6) is 0 Å². The van der Waals surface area contributed by atoms with Crippen LogP contribution in [0.3, 0.4) is 0 Å². The maximum atomic E-state index is 9.11. The number of aliphatic hydroxyl groups excluding tert-OH is 1. The first-order chi connectivity index (χ1) is 6.26. The third kappa shape index (κ3) is 1.72. The van der Waals surface area contributed by atoms with Crippen molar-refractivity contribution in [3.63, 3.8) is 0 Å². The van der Waals surface area contributed by atoms with E-state index in [2.05, 4.69) is 0 Å².